The maximum Gasteiger partial charge on any atom is 0.320 e. The van der Waals surface area contributed by atoms with Crippen LogP contribution in [0.3, 0.4) is 0 Å². The van der Waals surface area contributed by atoms with Crippen LogP contribution in [0.1, 0.15) is 12.8 Å². The third kappa shape index (κ3) is 4.94. The maximum atomic E-state index is 10.8. The van der Waals surface area contributed by atoms with E-state index < -0.39 is 18.0 Å². The zero-order valence-corrected chi connectivity index (χ0v) is 8.46. The lowest BCUT2D eigenvalue weighted by Gasteiger charge is -2.22. The van der Waals surface area contributed by atoms with Crippen molar-refractivity contribution in [2.45, 2.75) is 18.9 Å². The Morgan fingerprint density at radius 1 is 1.19 bits per heavy atom. The Balaban J connectivity index is 4.59. The SMILES string of the molecule is N#CCN(CC#N)[C@@H](CCC(=O)O)C(=O)O. The van der Waals surface area contributed by atoms with Crippen molar-refractivity contribution in [3.63, 3.8) is 0 Å². The van der Waals surface area contributed by atoms with Gasteiger partial charge in [-0.05, 0) is 6.42 Å². The highest BCUT2D eigenvalue weighted by Gasteiger charge is 2.25. The normalized spacial score (nSPS) is 11.4. The summed E-state index contributed by atoms with van der Waals surface area (Å²) in [7, 11) is 0. The predicted octanol–water partition coefficient (Wildman–Crippen LogP) is -0.346. The number of hydrogen-bond donors (Lipinski definition) is 2. The molecule has 0 rings (SSSR count). The van der Waals surface area contributed by atoms with Gasteiger partial charge in [-0.1, -0.05) is 0 Å². The Morgan fingerprint density at radius 2 is 1.69 bits per heavy atom. The van der Waals surface area contributed by atoms with Gasteiger partial charge >= 0.3 is 11.9 Å². The van der Waals surface area contributed by atoms with Gasteiger partial charge in [-0.3, -0.25) is 14.5 Å². The second kappa shape index (κ2) is 7.21. The number of nitriles is 2. The molecular weight excluding hydrogens is 214 g/mol. The second-order valence-electron chi connectivity index (χ2n) is 3.01. The Morgan fingerprint density at radius 3 is 2.00 bits per heavy atom. The van der Waals surface area contributed by atoms with E-state index in [2.05, 4.69) is 0 Å². The van der Waals surface area contributed by atoms with Crippen molar-refractivity contribution in [3.8, 4) is 12.1 Å². The lowest BCUT2D eigenvalue weighted by molar-refractivity contribution is -0.144. The van der Waals surface area contributed by atoms with Gasteiger partial charge in [-0.2, -0.15) is 10.5 Å². The van der Waals surface area contributed by atoms with Crippen LogP contribution in [0.25, 0.3) is 0 Å². The topological polar surface area (TPSA) is 125 Å². The molecule has 0 amide bonds. The first-order valence-corrected chi connectivity index (χ1v) is 4.45. The van der Waals surface area contributed by atoms with E-state index in [0.29, 0.717) is 0 Å². The molecular formula is C9H11N3O4. The van der Waals surface area contributed by atoms with Gasteiger partial charge in [0, 0.05) is 6.42 Å². The number of rotatable bonds is 7. The van der Waals surface area contributed by atoms with E-state index >= 15 is 0 Å². The van der Waals surface area contributed by atoms with Gasteiger partial charge in [0.05, 0.1) is 25.2 Å². The first-order valence-electron chi connectivity index (χ1n) is 4.45. The first kappa shape index (κ1) is 13.9. The smallest absolute Gasteiger partial charge is 0.320 e. The quantitative estimate of drug-likeness (QED) is 0.567. The van der Waals surface area contributed by atoms with Crippen LogP contribution in [0.2, 0.25) is 0 Å². The van der Waals surface area contributed by atoms with Crippen LogP contribution >= 0.6 is 0 Å². The van der Waals surface area contributed by atoms with Crippen molar-refractivity contribution in [1.29, 1.82) is 10.5 Å². The minimum absolute atomic E-state index is 0.131. The van der Waals surface area contributed by atoms with Gasteiger partial charge in [-0.15, -0.1) is 0 Å². The van der Waals surface area contributed by atoms with Gasteiger partial charge < -0.3 is 10.2 Å². The van der Waals surface area contributed by atoms with Crippen LogP contribution in [0.5, 0.6) is 0 Å². The van der Waals surface area contributed by atoms with Crippen LogP contribution < -0.4 is 0 Å². The van der Waals surface area contributed by atoms with Crippen LogP contribution in [-0.4, -0.2) is 46.2 Å². The molecule has 86 valence electrons. The van der Waals surface area contributed by atoms with Crippen molar-refractivity contribution >= 4 is 11.9 Å². The summed E-state index contributed by atoms with van der Waals surface area (Å²) < 4.78 is 0. The van der Waals surface area contributed by atoms with Crippen LogP contribution in [0.15, 0.2) is 0 Å². The van der Waals surface area contributed by atoms with Crippen LogP contribution in [-0.2, 0) is 9.59 Å². The monoisotopic (exact) mass is 225 g/mol. The van der Waals surface area contributed by atoms with Crippen molar-refractivity contribution in [1.82, 2.24) is 4.90 Å². The van der Waals surface area contributed by atoms with Gasteiger partial charge in [0.2, 0.25) is 0 Å². The molecule has 16 heavy (non-hydrogen) atoms. The lowest BCUT2D eigenvalue weighted by Crippen LogP contribution is -2.42. The van der Waals surface area contributed by atoms with Gasteiger partial charge in [-0.25, -0.2) is 0 Å². The zero-order chi connectivity index (χ0) is 12.6. The summed E-state index contributed by atoms with van der Waals surface area (Å²) in [6.07, 6.45) is -0.446. The number of carbonyl (C=O) groups is 2. The molecule has 0 aliphatic carbocycles. The molecule has 7 heteroatoms. The first-order chi connectivity index (χ1) is 7.52. The molecule has 0 aromatic heterocycles. The van der Waals surface area contributed by atoms with Crippen molar-refractivity contribution in [2.24, 2.45) is 0 Å². The average molecular weight is 225 g/mol. The summed E-state index contributed by atoms with van der Waals surface area (Å²) >= 11 is 0. The highest BCUT2D eigenvalue weighted by molar-refractivity contribution is 5.75. The average Bonchev–Trinajstić information content (AvgIpc) is 2.17. The standard InChI is InChI=1S/C9H11N3O4/c10-3-5-12(6-4-11)7(9(15)16)1-2-8(13)14/h7H,1-2,5-6H2,(H,13,14)(H,15,16)/t7-/m0/s1. The van der Waals surface area contributed by atoms with E-state index in [9.17, 15) is 9.59 Å². The highest BCUT2D eigenvalue weighted by Crippen LogP contribution is 2.07. The molecule has 2 N–H and O–H groups in total. The van der Waals surface area contributed by atoms with Crippen molar-refractivity contribution in [3.05, 3.63) is 0 Å². The van der Waals surface area contributed by atoms with Crippen LogP contribution in [0.4, 0.5) is 0 Å². The van der Waals surface area contributed by atoms with E-state index in [1.54, 1.807) is 12.1 Å². The second-order valence-corrected chi connectivity index (χ2v) is 3.01. The minimum Gasteiger partial charge on any atom is -0.481 e. The van der Waals surface area contributed by atoms with E-state index in [0.717, 1.165) is 4.90 Å². The highest BCUT2D eigenvalue weighted by atomic mass is 16.4. The summed E-state index contributed by atoms with van der Waals surface area (Å²) in [5.74, 6) is -2.34. The van der Waals surface area contributed by atoms with E-state index in [1.165, 1.54) is 0 Å². The Hall–Kier alpha value is -2.12. The molecule has 1 atom stereocenters. The third-order valence-corrected chi connectivity index (χ3v) is 1.91. The van der Waals surface area contributed by atoms with Gasteiger partial charge in [0.1, 0.15) is 6.04 Å². The van der Waals surface area contributed by atoms with Crippen LogP contribution in [0, 0.1) is 22.7 Å². The zero-order valence-electron chi connectivity index (χ0n) is 8.46. The van der Waals surface area contributed by atoms with E-state index in [-0.39, 0.29) is 25.9 Å². The number of carboxylic acids is 2. The Kier molecular flexibility index (Phi) is 6.25. The largest absolute Gasteiger partial charge is 0.481 e. The summed E-state index contributed by atoms with van der Waals surface area (Å²) in [5, 5.41) is 34.2. The van der Waals surface area contributed by atoms with Gasteiger partial charge in [0.15, 0.2) is 0 Å². The fourth-order valence-electron chi connectivity index (χ4n) is 1.18. The third-order valence-electron chi connectivity index (χ3n) is 1.91. The van der Waals surface area contributed by atoms with E-state index in [1.807, 2.05) is 0 Å². The van der Waals surface area contributed by atoms with Crippen molar-refractivity contribution in [2.75, 3.05) is 13.1 Å². The number of nitrogens with zero attached hydrogens (tertiary/aromatic N) is 3. The summed E-state index contributed by atoms with van der Waals surface area (Å²) in [6.45, 7) is -0.436. The molecule has 0 bridgehead atoms. The minimum atomic E-state index is -1.23. The number of aliphatic carboxylic acids is 2. The molecule has 0 radical (unpaired) electrons. The number of hydrogen-bond acceptors (Lipinski definition) is 5. The molecule has 0 heterocycles. The fraction of sp³-hybridized carbons (Fsp3) is 0.556. The maximum absolute atomic E-state index is 10.8. The molecule has 0 aromatic rings. The lowest BCUT2D eigenvalue weighted by atomic mass is 10.1. The predicted molar refractivity (Wildman–Crippen MR) is 51.1 cm³/mol. The molecule has 0 aliphatic rings. The summed E-state index contributed by atoms with van der Waals surface area (Å²) in [4.78, 5) is 22.3. The molecule has 0 aliphatic heterocycles. The van der Waals surface area contributed by atoms with Crippen molar-refractivity contribution < 1.29 is 19.8 Å². The molecule has 0 unspecified atom stereocenters. The molecule has 0 saturated carbocycles. The molecule has 7 nitrogen and oxygen atoms in total. The summed E-state index contributed by atoms with van der Waals surface area (Å²) in [5.41, 5.74) is 0. The molecule has 0 saturated heterocycles. The molecule has 0 aromatic carbocycles. The molecule has 0 spiro atoms. The fourth-order valence-corrected chi connectivity index (χ4v) is 1.18. The van der Waals surface area contributed by atoms with Gasteiger partial charge in [0.25, 0.3) is 0 Å². The number of carboxylic acid groups (broad SMARTS) is 2. The Bertz CT molecular complexity index is 326. The molecule has 0 fully saturated rings. The summed E-state index contributed by atoms with van der Waals surface area (Å²) in [6, 6.07) is 2.36. The Labute approximate surface area is 92.1 Å². The van der Waals surface area contributed by atoms with E-state index in [4.69, 9.17) is 20.7 Å².